The van der Waals surface area contributed by atoms with Crippen molar-refractivity contribution in [2.75, 3.05) is 0 Å². The Labute approximate surface area is 170 Å². The van der Waals surface area contributed by atoms with Crippen LogP contribution in [-0.2, 0) is 4.74 Å². The van der Waals surface area contributed by atoms with Crippen molar-refractivity contribution in [2.24, 2.45) is 0 Å². The van der Waals surface area contributed by atoms with E-state index >= 15 is 0 Å². The molecule has 5 atom stereocenters. The summed E-state index contributed by atoms with van der Waals surface area (Å²) in [7, 11) is 0. The summed E-state index contributed by atoms with van der Waals surface area (Å²) < 4.78 is 16.6. The first-order valence-electron chi connectivity index (χ1n) is 9.20. The Morgan fingerprint density at radius 1 is 0.933 bits per heavy atom. The van der Waals surface area contributed by atoms with Crippen molar-refractivity contribution < 1.29 is 39.4 Å². The Bertz CT molecular complexity index is 1120. The van der Waals surface area contributed by atoms with Gasteiger partial charge in [-0.1, -0.05) is 12.1 Å². The van der Waals surface area contributed by atoms with Gasteiger partial charge in [0, 0.05) is 12.1 Å². The van der Waals surface area contributed by atoms with E-state index in [-0.39, 0.29) is 33.8 Å². The number of phenols is 2. The molecule has 0 aliphatic carbocycles. The summed E-state index contributed by atoms with van der Waals surface area (Å²) in [5.41, 5.74) is 0.239. The van der Waals surface area contributed by atoms with Crippen LogP contribution in [0.1, 0.15) is 6.92 Å². The van der Waals surface area contributed by atoms with Crippen LogP contribution in [0.25, 0.3) is 22.1 Å². The van der Waals surface area contributed by atoms with Crippen molar-refractivity contribution in [3.8, 4) is 28.4 Å². The Hall–Kier alpha value is -3.11. The third-order valence-electron chi connectivity index (χ3n) is 5.06. The van der Waals surface area contributed by atoms with Gasteiger partial charge < -0.3 is 39.4 Å². The Morgan fingerprint density at radius 3 is 2.33 bits per heavy atom. The molecular weight excluding hydrogens is 396 g/mol. The first-order valence-corrected chi connectivity index (χ1v) is 9.20. The molecule has 1 aliphatic heterocycles. The number of rotatable bonds is 3. The zero-order valence-corrected chi connectivity index (χ0v) is 15.8. The van der Waals surface area contributed by atoms with Crippen LogP contribution >= 0.6 is 0 Å². The number of fused-ring (bicyclic) bond motifs is 1. The number of benzene rings is 2. The Kier molecular flexibility index (Phi) is 5.12. The van der Waals surface area contributed by atoms with E-state index in [4.69, 9.17) is 13.9 Å². The highest BCUT2D eigenvalue weighted by molar-refractivity contribution is 5.88. The first kappa shape index (κ1) is 20.2. The molecule has 1 saturated heterocycles. The molecular formula is C21H20O9. The van der Waals surface area contributed by atoms with Gasteiger partial charge in [0.1, 0.15) is 52.8 Å². The number of hydrogen-bond acceptors (Lipinski definition) is 9. The van der Waals surface area contributed by atoms with Gasteiger partial charge in [0.2, 0.25) is 11.7 Å². The van der Waals surface area contributed by atoms with Gasteiger partial charge in [-0.05, 0) is 24.6 Å². The molecule has 4 rings (SSSR count). The molecule has 0 bridgehead atoms. The molecule has 5 N–H and O–H groups in total. The van der Waals surface area contributed by atoms with Crippen molar-refractivity contribution in [3.63, 3.8) is 0 Å². The molecule has 9 heteroatoms. The quantitative estimate of drug-likeness (QED) is 0.423. The van der Waals surface area contributed by atoms with Crippen molar-refractivity contribution in [1.29, 1.82) is 0 Å². The van der Waals surface area contributed by atoms with Crippen molar-refractivity contribution in [2.45, 2.75) is 37.6 Å². The summed E-state index contributed by atoms with van der Waals surface area (Å²) in [6.45, 7) is 1.49. The Balaban J connectivity index is 1.80. The standard InChI is InChI=1S/C21H20O9/c1-9-17(24)19(26)20(27)21(29-9)30-15-7-12(23)6-14-16(15)18(25)13(8-28-14)10-2-4-11(22)5-3-10/h2-9,17,19-24,26-27H,1H3/t9-,17-,19+,20-,21-/m0/s1. The van der Waals surface area contributed by atoms with Gasteiger partial charge in [0.25, 0.3) is 0 Å². The highest BCUT2D eigenvalue weighted by Gasteiger charge is 2.43. The number of phenolic OH excluding ortho intramolecular Hbond substituents is 2. The zero-order chi connectivity index (χ0) is 21.6. The monoisotopic (exact) mass is 416 g/mol. The van der Waals surface area contributed by atoms with Gasteiger partial charge in [0.15, 0.2) is 0 Å². The predicted octanol–water partition coefficient (Wildman–Crippen LogP) is 1.08. The van der Waals surface area contributed by atoms with Crippen LogP contribution in [0.3, 0.4) is 0 Å². The maximum atomic E-state index is 13.2. The number of hydrogen-bond donors (Lipinski definition) is 5. The van der Waals surface area contributed by atoms with Gasteiger partial charge in [-0.2, -0.15) is 0 Å². The molecule has 0 amide bonds. The van der Waals surface area contributed by atoms with E-state index in [0.29, 0.717) is 5.56 Å². The zero-order valence-electron chi connectivity index (χ0n) is 15.8. The van der Waals surface area contributed by atoms with Gasteiger partial charge >= 0.3 is 0 Å². The van der Waals surface area contributed by atoms with E-state index in [1.54, 1.807) is 12.1 Å². The van der Waals surface area contributed by atoms with E-state index in [1.807, 2.05) is 0 Å². The van der Waals surface area contributed by atoms with Gasteiger partial charge in [0.05, 0.1) is 11.7 Å². The highest BCUT2D eigenvalue weighted by Crippen LogP contribution is 2.33. The second-order valence-electron chi connectivity index (χ2n) is 7.14. The maximum Gasteiger partial charge on any atom is 0.229 e. The normalized spacial score (nSPS) is 26.6. The molecule has 1 aromatic heterocycles. The molecule has 0 radical (unpaired) electrons. The lowest BCUT2D eigenvalue weighted by molar-refractivity contribution is -0.267. The lowest BCUT2D eigenvalue weighted by Gasteiger charge is -2.38. The topological polar surface area (TPSA) is 150 Å². The number of ether oxygens (including phenoxy) is 2. The Morgan fingerprint density at radius 2 is 1.63 bits per heavy atom. The van der Waals surface area contributed by atoms with Crippen LogP contribution in [0.5, 0.6) is 17.2 Å². The molecule has 30 heavy (non-hydrogen) atoms. The van der Waals surface area contributed by atoms with Crippen LogP contribution in [-0.4, -0.2) is 56.2 Å². The average molecular weight is 416 g/mol. The van der Waals surface area contributed by atoms with Gasteiger partial charge in [-0.15, -0.1) is 0 Å². The highest BCUT2D eigenvalue weighted by atomic mass is 16.7. The second kappa shape index (κ2) is 7.62. The minimum atomic E-state index is -1.60. The summed E-state index contributed by atoms with van der Waals surface area (Å²) in [6, 6.07) is 8.34. The van der Waals surface area contributed by atoms with Crippen molar-refractivity contribution in [1.82, 2.24) is 0 Å². The molecule has 1 fully saturated rings. The van der Waals surface area contributed by atoms with E-state index in [0.717, 1.165) is 6.07 Å². The molecule has 3 aromatic rings. The lowest BCUT2D eigenvalue weighted by atomic mass is 10.00. The molecule has 9 nitrogen and oxygen atoms in total. The van der Waals surface area contributed by atoms with Crippen LogP contribution in [0.15, 0.2) is 51.9 Å². The third-order valence-corrected chi connectivity index (χ3v) is 5.06. The summed E-state index contributed by atoms with van der Waals surface area (Å²) >= 11 is 0. The summed E-state index contributed by atoms with van der Waals surface area (Å²) in [4.78, 5) is 13.2. The number of aliphatic hydroxyl groups excluding tert-OH is 3. The summed E-state index contributed by atoms with van der Waals surface area (Å²) in [5.74, 6) is -0.340. The maximum absolute atomic E-state index is 13.2. The molecule has 2 aromatic carbocycles. The van der Waals surface area contributed by atoms with Gasteiger partial charge in [-0.25, -0.2) is 0 Å². The third kappa shape index (κ3) is 3.48. The van der Waals surface area contributed by atoms with E-state index in [9.17, 15) is 30.3 Å². The van der Waals surface area contributed by atoms with Crippen LogP contribution in [0.4, 0.5) is 0 Å². The van der Waals surface area contributed by atoms with E-state index in [2.05, 4.69) is 0 Å². The van der Waals surface area contributed by atoms with E-state index < -0.39 is 36.1 Å². The summed E-state index contributed by atoms with van der Waals surface area (Å²) in [5, 5.41) is 49.5. The lowest BCUT2D eigenvalue weighted by Crippen LogP contribution is -2.58. The molecule has 0 spiro atoms. The van der Waals surface area contributed by atoms with Gasteiger partial charge in [-0.3, -0.25) is 4.79 Å². The van der Waals surface area contributed by atoms with Crippen molar-refractivity contribution >= 4 is 11.0 Å². The molecule has 2 heterocycles. The second-order valence-corrected chi connectivity index (χ2v) is 7.14. The fourth-order valence-electron chi connectivity index (χ4n) is 3.37. The minimum Gasteiger partial charge on any atom is -0.508 e. The van der Waals surface area contributed by atoms with Crippen LogP contribution in [0, 0.1) is 0 Å². The largest absolute Gasteiger partial charge is 0.508 e. The molecule has 0 saturated carbocycles. The average Bonchev–Trinajstić information content (AvgIpc) is 2.71. The first-order chi connectivity index (χ1) is 14.3. The van der Waals surface area contributed by atoms with E-state index in [1.165, 1.54) is 31.4 Å². The minimum absolute atomic E-state index is 0.0116. The smallest absolute Gasteiger partial charge is 0.229 e. The van der Waals surface area contributed by atoms with Crippen molar-refractivity contribution in [3.05, 3.63) is 52.9 Å². The molecule has 1 aliphatic rings. The summed E-state index contributed by atoms with van der Waals surface area (Å²) in [6.07, 6.45) is -5.45. The molecule has 158 valence electrons. The number of aromatic hydroxyl groups is 2. The number of aliphatic hydroxyl groups is 3. The SMILES string of the molecule is C[C@@H]1O[C@@H](Oc2cc(O)cc3occ(-c4ccc(O)cc4)c(=O)c23)[C@@H](O)[C@H](O)[C@H]1O. The predicted molar refractivity (Wildman–Crippen MR) is 104 cm³/mol. The fraction of sp³-hybridized carbons (Fsp3) is 0.286. The van der Waals surface area contributed by atoms with Crippen LogP contribution < -0.4 is 10.2 Å². The molecule has 0 unspecified atom stereocenters. The fourth-order valence-corrected chi connectivity index (χ4v) is 3.37. The van der Waals surface area contributed by atoms with Crippen LogP contribution in [0.2, 0.25) is 0 Å².